The monoisotopic (exact) mass is 515 g/mol. The van der Waals surface area contributed by atoms with E-state index in [0.29, 0.717) is 28.4 Å². The van der Waals surface area contributed by atoms with Crippen molar-refractivity contribution < 1.29 is 13.6 Å². The Morgan fingerprint density at radius 2 is 1.61 bits per heavy atom. The Balaban J connectivity index is 1.10. The Morgan fingerprint density at radius 3 is 2.47 bits per heavy atom. The van der Waals surface area contributed by atoms with E-state index >= 15 is 0 Å². The van der Waals surface area contributed by atoms with Gasteiger partial charge in [-0.1, -0.05) is 60.7 Å². The van der Waals surface area contributed by atoms with E-state index in [1.165, 1.54) is 6.08 Å². The number of hydrogen-bond donors (Lipinski definition) is 2. The standard InChI is InChI=1S/C31H21N3O3S/c35-29(17-14-25-13-16-27(36-25)21-7-2-1-3-8-21)34-31(38)32-24-12-15-28-26(19-24)33-30(37-28)23-11-10-20-6-4-5-9-22(20)18-23/h1-19H,(H2,32,34,35,38)/b17-14+. The van der Waals surface area contributed by atoms with E-state index < -0.39 is 0 Å². The molecule has 0 fully saturated rings. The summed E-state index contributed by atoms with van der Waals surface area (Å²) in [6.07, 6.45) is 2.97. The molecule has 38 heavy (non-hydrogen) atoms. The number of thiocarbonyl (C=S) groups is 1. The molecule has 4 aromatic carbocycles. The quantitative estimate of drug-likeness (QED) is 0.184. The van der Waals surface area contributed by atoms with Gasteiger partial charge in [-0.05, 0) is 71.5 Å². The van der Waals surface area contributed by atoms with Crippen LogP contribution in [0, 0.1) is 0 Å². The molecule has 0 atom stereocenters. The minimum atomic E-state index is -0.374. The molecule has 2 N–H and O–H groups in total. The molecule has 0 bridgehead atoms. The van der Waals surface area contributed by atoms with Crippen molar-refractivity contribution in [3.63, 3.8) is 0 Å². The Labute approximate surface area is 223 Å². The van der Waals surface area contributed by atoms with Crippen LogP contribution >= 0.6 is 12.2 Å². The highest BCUT2D eigenvalue weighted by atomic mass is 32.1. The van der Waals surface area contributed by atoms with Crippen LogP contribution < -0.4 is 10.6 Å². The van der Waals surface area contributed by atoms with Crippen LogP contribution in [-0.2, 0) is 4.79 Å². The summed E-state index contributed by atoms with van der Waals surface area (Å²) in [4.78, 5) is 17.0. The van der Waals surface area contributed by atoms with Crippen molar-refractivity contribution in [1.82, 2.24) is 10.3 Å². The van der Waals surface area contributed by atoms with Gasteiger partial charge < -0.3 is 14.2 Å². The van der Waals surface area contributed by atoms with E-state index in [1.807, 2.05) is 78.9 Å². The number of hydrogen-bond acceptors (Lipinski definition) is 5. The van der Waals surface area contributed by atoms with Crippen LogP contribution in [0.25, 0.3) is 50.7 Å². The lowest BCUT2D eigenvalue weighted by Gasteiger charge is -2.07. The molecular formula is C31H21N3O3S. The summed E-state index contributed by atoms with van der Waals surface area (Å²) in [6.45, 7) is 0. The van der Waals surface area contributed by atoms with Crippen molar-refractivity contribution in [2.24, 2.45) is 0 Å². The van der Waals surface area contributed by atoms with E-state index in [1.54, 1.807) is 6.08 Å². The summed E-state index contributed by atoms with van der Waals surface area (Å²) in [5.41, 5.74) is 3.89. The zero-order chi connectivity index (χ0) is 25.9. The third-order valence-electron chi connectivity index (χ3n) is 5.96. The molecule has 0 aliphatic rings. The molecule has 7 heteroatoms. The van der Waals surface area contributed by atoms with E-state index in [-0.39, 0.29) is 11.0 Å². The number of benzene rings is 4. The van der Waals surface area contributed by atoms with Crippen molar-refractivity contribution in [2.75, 3.05) is 5.32 Å². The predicted octanol–water partition coefficient (Wildman–Crippen LogP) is 7.43. The Hall–Kier alpha value is -5.01. The molecule has 0 saturated heterocycles. The Morgan fingerprint density at radius 1 is 0.789 bits per heavy atom. The molecule has 6 nitrogen and oxygen atoms in total. The first-order valence-corrected chi connectivity index (χ1v) is 12.4. The number of fused-ring (bicyclic) bond motifs is 2. The lowest BCUT2D eigenvalue weighted by atomic mass is 10.1. The lowest BCUT2D eigenvalue weighted by Crippen LogP contribution is -2.32. The molecule has 6 aromatic rings. The number of oxazole rings is 1. The average Bonchev–Trinajstić information content (AvgIpc) is 3.59. The van der Waals surface area contributed by atoms with Gasteiger partial charge in [0.2, 0.25) is 11.8 Å². The SMILES string of the molecule is O=C(/C=C/c1ccc(-c2ccccc2)o1)NC(=S)Nc1ccc2oc(-c3ccc4ccccc4c3)nc2c1. The highest BCUT2D eigenvalue weighted by Gasteiger charge is 2.11. The van der Waals surface area contributed by atoms with Crippen LogP contribution in [-0.4, -0.2) is 16.0 Å². The largest absolute Gasteiger partial charge is 0.457 e. The second-order valence-electron chi connectivity index (χ2n) is 8.61. The summed E-state index contributed by atoms with van der Waals surface area (Å²) in [6, 6.07) is 33.1. The highest BCUT2D eigenvalue weighted by molar-refractivity contribution is 7.80. The minimum Gasteiger partial charge on any atom is -0.457 e. The normalized spacial score (nSPS) is 11.3. The summed E-state index contributed by atoms with van der Waals surface area (Å²) >= 11 is 5.32. The van der Waals surface area contributed by atoms with Crippen LogP contribution in [0.3, 0.4) is 0 Å². The number of rotatable bonds is 5. The fourth-order valence-electron chi connectivity index (χ4n) is 4.12. The topological polar surface area (TPSA) is 80.3 Å². The van der Waals surface area contributed by atoms with Gasteiger partial charge in [0.05, 0.1) is 0 Å². The fourth-order valence-corrected chi connectivity index (χ4v) is 4.34. The Bertz CT molecular complexity index is 1820. The number of anilines is 1. The number of carbonyl (C=O) groups is 1. The van der Waals surface area contributed by atoms with Gasteiger partial charge in [-0.15, -0.1) is 0 Å². The van der Waals surface area contributed by atoms with E-state index in [4.69, 9.17) is 21.1 Å². The van der Waals surface area contributed by atoms with Crippen LogP contribution in [0.2, 0.25) is 0 Å². The first-order valence-electron chi connectivity index (χ1n) is 12.0. The van der Waals surface area contributed by atoms with Gasteiger partial charge in [0, 0.05) is 22.9 Å². The molecule has 0 unspecified atom stereocenters. The molecule has 0 aliphatic heterocycles. The van der Waals surface area contributed by atoms with Gasteiger partial charge in [0.15, 0.2) is 10.7 Å². The molecule has 0 saturated carbocycles. The van der Waals surface area contributed by atoms with Gasteiger partial charge in [0.1, 0.15) is 17.0 Å². The number of nitrogens with zero attached hydrogens (tertiary/aromatic N) is 1. The molecule has 0 spiro atoms. The average molecular weight is 516 g/mol. The molecule has 0 radical (unpaired) electrons. The van der Waals surface area contributed by atoms with Crippen molar-refractivity contribution >= 4 is 56.9 Å². The van der Waals surface area contributed by atoms with Crippen LogP contribution in [0.4, 0.5) is 5.69 Å². The molecule has 6 rings (SSSR count). The van der Waals surface area contributed by atoms with Gasteiger partial charge >= 0.3 is 0 Å². The van der Waals surface area contributed by atoms with E-state index in [2.05, 4.69) is 39.9 Å². The summed E-state index contributed by atoms with van der Waals surface area (Å²) in [7, 11) is 0. The van der Waals surface area contributed by atoms with Crippen LogP contribution in [0.1, 0.15) is 5.76 Å². The zero-order valence-electron chi connectivity index (χ0n) is 20.0. The molecular weight excluding hydrogens is 494 g/mol. The Kier molecular flexibility index (Phi) is 6.25. The molecule has 184 valence electrons. The number of aromatic nitrogens is 1. The maximum absolute atomic E-state index is 12.4. The maximum atomic E-state index is 12.4. The van der Waals surface area contributed by atoms with Crippen molar-refractivity contribution in [3.05, 3.63) is 115 Å². The molecule has 1 amide bonds. The van der Waals surface area contributed by atoms with Crippen molar-refractivity contribution in [1.29, 1.82) is 0 Å². The number of furan rings is 1. The van der Waals surface area contributed by atoms with Crippen molar-refractivity contribution in [3.8, 4) is 22.8 Å². The highest BCUT2D eigenvalue weighted by Crippen LogP contribution is 2.28. The van der Waals surface area contributed by atoms with Crippen LogP contribution in [0.5, 0.6) is 0 Å². The summed E-state index contributed by atoms with van der Waals surface area (Å²) < 4.78 is 11.8. The lowest BCUT2D eigenvalue weighted by molar-refractivity contribution is -0.115. The van der Waals surface area contributed by atoms with Gasteiger partial charge in [-0.3, -0.25) is 10.1 Å². The number of nitrogens with one attached hydrogen (secondary N) is 2. The third-order valence-corrected chi connectivity index (χ3v) is 6.17. The second kappa shape index (κ2) is 10.2. The van der Waals surface area contributed by atoms with Gasteiger partial charge in [-0.25, -0.2) is 4.98 Å². The van der Waals surface area contributed by atoms with E-state index in [9.17, 15) is 4.79 Å². The number of amides is 1. The first-order chi connectivity index (χ1) is 18.6. The van der Waals surface area contributed by atoms with Crippen LogP contribution in [0.15, 0.2) is 118 Å². The predicted molar refractivity (Wildman–Crippen MR) is 154 cm³/mol. The third kappa shape index (κ3) is 5.09. The smallest absolute Gasteiger partial charge is 0.250 e. The molecule has 0 aliphatic carbocycles. The van der Waals surface area contributed by atoms with Gasteiger partial charge in [0.25, 0.3) is 0 Å². The molecule has 2 aromatic heterocycles. The van der Waals surface area contributed by atoms with Gasteiger partial charge in [-0.2, -0.15) is 0 Å². The summed E-state index contributed by atoms with van der Waals surface area (Å²) in [5.74, 6) is 1.46. The van der Waals surface area contributed by atoms with E-state index in [0.717, 1.165) is 27.7 Å². The minimum absolute atomic E-state index is 0.168. The second-order valence-corrected chi connectivity index (χ2v) is 9.02. The first kappa shape index (κ1) is 23.4. The summed E-state index contributed by atoms with van der Waals surface area (Å²) in [5, 5.41) is 8.11. The van der Waals surface area contributed by atoms with Crippen molar-refractivity contribution in [2.45, 2.75) is 0 Å². The fraction of sp³-hybridized carbons (Fsp3) is 0. The number of carbonyl (C=O) groups excluding carboxylic acids is 1. The molecule has 2 heterocycles. The zero-order valence-corrected chi connectivity index (χ0v) is 20.9. The maximum Gasteiger partial charge on any atom is 0.250 e.